The number of benzene rings is 2. The molecule has 0 amide bonds. The molecule has 2 N–H and O–H groups in total. The van der Waals surface area contributed by atoms with Gasteiger partial charge in [0.15, 0.2) is 0 Å². The first-order valence-corrected chi connectivity index (χ1v) is 10.3. The lowest BCUT2D eigenvalue weighted by Crippen LogP contribution is -2.28. The van der Waals surface area contributed by atoms with Crippen LogP contribution in [-0.4, -0.2) is 55.5 Å². The molecule has 0 aliphatic rings. The van der Waals surface area contributed by atoms with Crippen molar-refractivity contribution < 1.29 is 14.6 Å². The van der Waals surface area contributed by atoms with E-state index < -0.39 is 5.97 Å². The number of hydrogen-bond donors (Lipinski definition) is 2. The van der Waals surface area contributed by atoms with Gasteiger partial charge in [-0.2, -0.15) is 5.10 Å². The van der Waals surface area contributed by atoms with Crippen molar-refractivity contribution in [3.63, 3.8) is 0 Å². The molecule has 8 nitrogen and oxygen atoms in total. The predicted octanol–water partition coefficient (Wildman–Crippen LogP) is 2.92. The second-order valence-corrected chi connectivity index (χ2v) is 7.13. The van der Waals surface area contributed by atoms with Gasteiger partial charge in [-0.15, -0.1) is 0 Å². The number of rotatable bonds is 9. The number of para-hydroxylation sites is 2. The molecule has 0 radical (unpaired) electrons. The number of nitrogens with one attached hydrogen (secondary N) is 1. The number of carbonyl (C=O) groups excluding carboxylic acids is 1. The van der Waals surface area contributed by atoms with Gasteiger partial charge in [0.05, 0.1) is 36.1 Å². The maximum atomic E-state index is 12.6. The van der Waals surface area contributed by atoms with Gasteiger partial charge in [-0.05, 0) is 24.6 Å². The highest BCUT2D eigenvalue weighted by atomic mass is 16.5. The van der Waals surface area contributed by atoms with Gasteiger partial charge >= 0.3 is 5.97 Å². The Kier molecular flexibility index (Phi) is 6.40. The molecule has 0 spiro atoms. The van der Waals surface area contributed by atoms with E-state index in [9.17, 15) is 9.90 Å². The Morgan fingerprint density at radius 2 is 1.90 bits per heavy atom. The first-order chi connectivity index (χ1) is 15.2. The molecular weight excluding hydrogens is 394 g/mol. The van der Waals surface area contributed by atoms with Crippen LogP contribution in [0.15, 0.2) is 60.8 Å². The van der Waals surface area contributed by atoms with Crippen molar-refractivity contribution in [2.45, 2.75) is 20.0 Å². The van der Waals surface area contributed by atoms with Gasteiger partial charge in [0.25, 0.3) is 0 Å². The number of H-pyrrole nitrogens is 1. The van der Waals surface area contributed by atoms with Gasteiger partial charge < -0.3 is 14.8 Å². The Bertz CT molecular complexity index is 1120. The van der Waals surface area contributed by atoms with Gasteiger partial charge in [-0.25, -0.2) is 14.5 Å². The Labute approximate surface area is 180 Å². The van der Waals surface area contributed by atoms with Crippen LogP contribution in [0.2, 0.25) is 0 Å². The Morgan fingerprint density at radius 1 is 1.13 bits per heavy atom. The number of carbonyl (C=O) groups is 1. The summed E-state index contributed by atoms with van der Waals surface area (Å²) in [4.78, 5) is 22.6. The van der Waals surface area contributed by atoms with E-state index in [4.69, 9.17) is 4.74 Å². The van der Waals surface area contributed by atoms with Crippen molar-refractivity contribution in [1.29, 1.82) is 0 Å². The van der Waals surface area contributed by atoms with Gasteiger partial charge in [-0.3, -0.25) is 4.90 Å². The maximum absolute atomic E-state index is 12.6. The number of imidazole rings is 1. The number of aromatic amines is 1. The normalized spacial score (nSPS) is 11.3. The third-order valence-corrected chi connectivity index (χ3v) is 4.98. The highest BCUT2D eigenvalue weighted by Gasteiger charge is 2.23. The zero-order valence-electron chi connectivity index (χ0n) is 17.4. The van der Waals surface area contributed by atoms with E-state index in [1.807, 2.05) is 54.6 Å². The van der Waals surface area contributed by atoms with Crippen molar-refractivity contribution in [1.82, 2.24) is 24.6 Å². The molecule has 0 saturated carbocycles. The van der Waals surface area contributed by atoms with Gasteiger partial charge in [0, 0.05) is 19.6 Å². The molecular formula is C23H25N5O3. The van der Waals surface area contributed by atoms with Crippen LogP contribution < -0.4 is 0 Å². The summed E-state index contributed by atoms with van der Waals surface area (Å²) in [5.41, 5.74) is 3.85. The number of esters is 1. The lowest BCUT2D eigenvalue weighted by atomic mass is 10.2. The van der Waals surface area contributed by atoms with E-state index in [-0.39, 0.29) is 13.2 Å². The maximum Gasteiger partial charge on any atom is 0.341 e. The van der Waals surface area contributed by atoms with Crippen LogP contribution in [0, 0.1) is 0 Å². The number of aliphatic hydroxyl groups is 1. The quantitative estimate of drug-likeness (QED) is 0.405. The lowest BCUT2D eigenvalue weighted by Gasteiger charge is -2.22. The number of fused-ring (bicyclic) bond motifs is 1. The van der Waals surface area contributed by atoms with Crippen molar-refractivity contribution in [3.8, 4) is 5.95 Å². The summed E-state index contributed by atoms with van der Waals surface area (Å²) in [5.74, 6) is 0.0962. The topological polar surface area (TPSA) is 96.3 Å². The Balaban J connectivity index is 1.72. The SMILES string of the molecule is CCOC(=O)c1cnn(-c2nc3ccccc3[nH]2)c1CN(CCO)Cc1ccccc1. The van der Waals surface area contributed by atoms with Crippen LogP contribution in [0.1, 0.15) is 28.5 Å². The van der Waals surface area contributed by atoms with Crippen LogP contribution in [0.25, 0.3) is 17.0 Å². The Morgan fingerprint density at radius 3 is 2.65 bits per heavy atom. The smallest absolute Gasteiger partial charge is 0.341 e. The molecule has 4 rings (SSSR count). The monoisotopic (exact) mass is 419 g/mol. The molecule has 0 unspecified atom stereocenters. The average molecular weight is 419 g/mol. The third kappa shape index (κ3) is 4.65. The largest absolute Gasteiger partial charge is 0.462 e. The highest BCUT2D eigenvalue weighted by Crippen LogP contribution is 2.20. The number of aliphatic hydroxyl groups excluding tert-OH is 1. The van der Waals surface area contributed by atoms with E-state index in [1.165, 1.54) is 6.20 Å². The average Bonchev–Trinajstić information content (AvgIpc) is 3.38. The van der Waals surface area contributed by atoms with Gasteiger partial charge in [0.2, 0.25) is 5.95 Å². The van der Waals surface area contributed by atoms with Crippen LogP contribution in [0.4, 0.5) is 0 Å². The summed E-state index contributed by atoms with van der Waals surface area (Å²) in [7, 11) is 0. The van der Waals surface area contributed by atoms with Crippen molar-refractivity contribution >= 4 is 17.0 Å². The summed E-state index contributed by atoms with van der Waals surface area (Å²) >= 11 is 0. The summed E-state index contributed by atoms with van der Waals surface area (Å²) in [6, 6.07) is 17.7. The van der Waals surface area contributed by atoms with Crippen LogP contribution >= 0.6 is 0 Å². The first-order valence-electron chi connectivity index (χ1n) is 10.3. The van der Waals surface area contributed by atoms with Crippen LogP contribution in [0.5, 0.6) is 0 Å². The molecule has 8 heteroatoms. The van der Waals surface area contributed by atoms with E-state index in [2.05, 4.69) is 20.0 Å². The molecule has 0 fully saturated rings. The molecule has 160 valence electrons. The molecule has 0 saturated heterocycles. The van der Waals surface area contributed by atoms with Crippen molar-refractivity contribution in [2.24, 2.45) is 0 Å². The number of nitrogens with zero attached hydrogens (tertiary/aromatic N) is 4. The van der Waals surface area contributed by atoms with Crippen LogP contribution in [-0.2, 0) is 17.8 Å². The standard InChI is InChI=1S/C23H25N5O3/c1-2-31-22(30)18-14-24-28(23-25-19-10-6-7-11-20(19)26-23)21(18)16-27(12-13-29)15-17-8-4-3-5-9-17/h3-11,14,29H,2,12-13,15-16H2,1H3,(H,25,26). The second kappa shape index (κ2) is 9.55. The minimum atomic E-state index is -0.427. The van der Waals surface area contributed by atoms with Crippen LogP contribution in [0.3, 0.4) is 0 Å². The zero-order valence-corrected chi connectivity index (χ0v) is 17.4. The van der Waals surface area contributed by atoms with Gasteiger partial charge in [-0.1, -0.05) is 42.5 Å². The molecule has 0 aliphatic carbocycles. The third-order valence-electron chi connectivity index (χ3n) is 4.98. The number of ether oxygens (including phenoxy) is 1. The lowest BCUT2D eigenvalue weighted by molar-refractivity contribution is 0.0523. The summed E-state index contributed by atoms with van der Waals surface area (Å²) in [6.07, 6.45) is 1.51. The first kappa shape index (κ1) is 20.8. The fourth-order valence-corrected chi connectivity index (χ4v) is 3.54. The van der Waals surface area contributed by atoms with E-state index in [1.54, 1.807) is 11.6 Å². The minimum absolute atomic E-state index is 0.000345. The molecule has 0 bridgehead atoms. The molecule has 2 aromatic heterocycles. The van der Waals surface area contributed by atoms with E-state index in [0.717, 1.165) is 16.6 Å². The summed E-state index contributed by atoms with van der Waals surface area (Å²) < 4.78 is 6.89. The molecule has 4 aromatic rings. The second-order valence-electron chi connectivity index (χ2n) is 7.13. The molecule has 2 heterocycles. The predicted molar refractivity (Wildman–Crippen MR) is 117 cm³/mol. The number of aromatic nitrogens is 4. The van der Waals surface area contributed by atoms with Crippen molar-refractivity contribution in [2.75, 3.05) is 19.8 Å². The van der Waals surface area contributed by atoms with Gasteiger partial charge in [0.1, 0.15) is 5.56 Å². The molecule has 0 aliphatic heterocycles. The zero-order chi connectivity index (χ0) is 21.6. The molecule has 2 aromatic carbocycles. The molecule has 31 heavy (non-hydrogen) atoms. The summed E-state index contributed by atoms with van der Waals surface area (Å²) in [5, 5.41) is 14.1. The van der Waals surface area contributed by atoms with E-state index in [0.29, 0.717) is 36.8 Å². The fraction of sp³-hybridized carbons (Fsp3) is 0.261. The molecule has 0 atom stereocenters. The summed E-state index contributed by atoms with van der Waals surface area (Å²) in [6.45, 7) is 3.51. The van der Waals surface area contributed by atoms with E-state index >= 15 is 0 Å². The fourth-order valence-electron chi connectivity index (χ4n) is 3.54. The van der Waals surface area contributed by atoms with Crippen molar-refractivity contribution in [3.05, 3.63) is 77.6 Å². The Hall–Kier alpha value is -3.49. The highest BCUT2D eigenvalue weighted by molar-refractivity contribution is 5.90. The number of hydrogen-bond acceptors (Lipinski definition) is 6. The minimum Gasteiger partial charge on any atom is -0.462 e.